The van der Waals surface area contributed by atoms with E-state index >= 15 is 0 Å². The van der Waals surface area contributed by atoms with Gasteiger partial charge in [-0.3, -0.25) is 0 Å². The van der Waals surface area contributed by atoms with Crippen molar-refractivity contribution in [1.29, 1.82) is 0 Å². The van der Waals surface area contributed by atoms with Crippen LogP contribution in [0.15, 0.2) is 0 Å². The number of nitrogens with one attached hydrogen (secondary N) is 1. The lowest BCUT2D eigenvalue weighted by molar-refractivity contribution is 0.172. The molecule has 0 rings (SSSR count). The Bertz CT molecular complexity index is 198. The Morgan fingerprint density at radius 3 is 2.00 bits per heavy atom. The third-order valence-corrected chi connectivity index (χ3v) is 2.93. The first kappa shape index (κ1) is 14.2. The zero-order valence-electron chi connectivity index (χ0n) is 10.9. The van der Waals surface area contributed by atoms with E-state index in [-0.39, 0.29) is 11.6 Å². The summed E-state index contributed by atoms with van der Waals surface area (Å²) >= 11 is 0. The summed E-state index contributed by atoms with van der Waals surface area (Å²) in [6.45, 7) is 10.4. The van der Waals surface area contributed by atoms with Crippen molar-refractivity contribution in [2.24, 2.45) is 0 Å². The van der Waals surface area contributed by atoms with Crippen LogP contribution in [0.3, 0.4) is 0 Å². The molecule has 0 fully saturated rings. The minimum atomic E-state index is -0.0111. The van der Waals surface area contributed by atoms with E-state index < -0.39 is 0 Å². The zero-order chi connectivity index (χ0) is 12.1. The summed E-state index contributed by atoms with van der Waals surface area (Å²) in [7, 11) is 4.03. The van der Waals surface area contributed by atoms with Crippen molar-refractivity contribution in [1.82, 2.24) is 15.1 Å². The van der Waals surface area contributed by atoms with Gasteiger partial charge in [-0.05, 0) is 41.8 Å². The molecule has 0 bridgehead atoms. The average molecular weight is 215 g/mol. The second kappa shape index (κ2) is 5.95. The van der Waals surface area contributed by atoms with Gasteiger partial charge >= 0.3 is 6.03 Å². The Hall–Kier alpha value is -0.770. The summed E-state index contributed by atoms with van der Waals surface area (Å²) in [5, 5.41) is 2.95. The van der Waals surface area contributed by atoms with Gasteiger partial charge in [-0.15, -0.1) is 0 Å². The summed E-state index contributed by atoms with van der Waals surface area (Å²) in [6, 6.07) is 0.0231. The maximum Gasteiger partial charge on any atom is 0.317 e. The number of urea groups is 1. The summed E-state index contributed by atoms with van der Waals surface area (Å²) in [4.78, 5) is 15.6. The van der Waals surface area contributed by atoms with Crippen molar-refractivity contribution in [2.45, 2.75) is 33.2 Å². The molecule has 4 heteroatoms. The first-order valence-electron chi connectivity index (χ1n) is 5.55. The minimum Gasteiger partial charge on any atom is -0.336 e. The molecule has 0 aromatic carbocycles. The zero-order valence-corrected chi connectivity index (χ0v) is 10.9. The number of hydrogen-bond donors (Lipinski definition) is 1. The minimum absolute atomic E-state index is 0.0111. The molecule has 0 saturated heterocycles. The van der Waals surface area contributed by atoms with Crippen molar-refractivity contribution in [3.8, 4) is 0 Å². The van der Waals surface area contributed by atoms with Gasteiger partial charge in [-0.25, -0.2) is 4.79 Å². The molecular weight excluding hydrogens is 190 g/mol. The largest absolute Gasteiger partial charge is 0.336 e. The van der Waals surface area contributed by atoms with Gasteiger partial charge in [0.2, 0.25) is 0 Å². The summed E-state index contributed by atoms with van der Waals surface area (Å²) in [6.07, 6.45) is 0. The smallest absolute Gasteiger partial charge is 0.317 e. The van der Waals surface area contributed by atoms with Gasteiger partial charge in [-0.1, -0.05) is 0 Å². The number of likely N-dealkylation sites (N-methyl/N-ethyl adjacent to an activating group) is 1. The van der Waals surface area contributed by atoms with Crippen LogP contribution in [-0.4, -0.2) is 55.1 Å². The topological polar surface area (TPSA) is 35.6 Å². The maximum absolute atomic E-state index is 11.7. The third kappa shape index (κ3) is 4.51. The first-order chi connectivity index (χ1) is 6.85. The molecule has 0 saturated carbocycles. The molecule has 4 nitrogen and oxygen atoms in total. The van der Waals surface area contributed by atoms with E-state index in [2.05, 4.69) is 24.1 Å². The number of carbonyl (C=O) groups excluding carboxylic acids is 1. The van der Waals surface area contributed by atoms with Crippen molar-refractivity contribution < 1.29 is 4.79 Å². The van der Waals surface area contributed by atoms with Crippen molar-refractivity contribution in [3.05, 3.63) is 0 Å². The molecule has 0 radical (unpaired) electrons. The van der Waals surface area contributed by atoms with Crippen LogP contribution in [0.4, 0.5) is 4.79 Å². The van der Waals surface area contributed by atoms with Crippen LogP contribution >= 0.6 is 0 Å². The number of nitrogens with zero attached hydrogens (tertiary/aromatic N) is 2. The molecule has 0 aliphatic carbocycles. The number of hydrogen-bond acceptors (Lipinski definition) is 2. The second-order valence-electron chi connectivity index (χ2n) is 4.54. The van der Waals surface area contributed by atoms with Gasteiger partial charge in [0.25, 0.3) is 0 Å². The van der Waals surface area contributed by atoms with Gasteiger partial charge in [-0.2, -0.15) is 0 Å². The molecule has 0 aliphatic heterocycles. The van der Waals surface area contributed by atoms with Crippen LogP contribution in [0.25, 0.3) is 0 Å². The average Bonchev–Trinajstić information content (AvgIpc) is 2.16. The Morgan fingerprint density at radius 2 is 1.67 bits per heavy atom. The van der Waals surface area contributed by atoms with Gasteiger partial charge < -0.3 is 15.1 Å². The molecular formula is C11H25N3O. The van der Waals surface area contributed by atoms with Gasteiger partial charge in [0.15, 0.2) is 0 Å². The van der Waals surface area contributed by atoms with Crippen LogP contribution in [0, 0.1) is 0 Å². The predicted octanol–water partition coefficient (Wildman–Crippen LogP) is 1.38. The highest BCUT2D eigenvalue weighted by molar-refractivity contribution is 5.74. The van der Waals surface area contributed by atoms with Crippen LogP contribution in [0.1, 0.15) is 27.7 Å². The van der Waals surface area contributed by atoms with Gasteiger partial charge in [0.1, 0.15) is 0 Å². The first-order valence-corrected chi connectivity index (χ1v) is 5.55. The Morgan fingerprint density at radius 1 is 1.20 bits per heavy atom. The van der Waals surface area contributed by atoms with E-state index in [1.54, 1.807) is 4.90 Å². The number of amides is 2. The fourth-order valence-corrected chi connectivity index (χ4v) is 1.07. The van der Waals surface area contributed by atoms with E-state index in [1.165, 1.54) is 0 Å². The lowest BCUT2D eigenvalue weighted by atomic mass is 10.0. The lowest BCUT2D eigenvalue weighted by Crippen LogP contribution is -2.51. The number of carbonyl (C=O) groups is 1. The lowest BCUT2D eigenvalue weighted by Gasteiger charge is -2.33. The van der Waals surface area contributed by atoms with Crippen molar-refractivity contribution >= 4 is 6.03 Å². The van der Waals surface area contributed by atoms with Crippen LogP contribution in [0.2, 0.25) is 0 Å². The monoisotopic (exact) mass is 215 g/mol. The highest BCUT2D eigenvalue weighted by atomic mass is 16.2. The summed E-state index contributed by atoms with van der Waals surface area (Å²) < 4.78 is 0. The van der Waals surface area contributed by atoms with Crippen LogP contribution in [0.5, 0.6) is 0 Å². The number of rotatable bonds is 5. The molecule has 0 aromatic heterocycles. The van der Waals surface area contributed by atoms with E-state index in [0.29, 0.717) is 6.54 Å². The Balaban J connectivity index is 4.10. The molecule has 1 N–H and O–H groups in total. The molecule has 0 aromatic rings. The Labute approximate surface area is 93.6 Å². The fraction of sp³-hybridized carbons (Fsp3) is 0.909. The van der Waals surface area contributed by atoms with E-state index in [1.807, 2.05) is 27.9 Å². The highest BCUT2D eigenvalue weighted by Crippen LogP contribution is 2.07. The summed E-state index contributed by atoms with van der Waals surface area (Å²) in [5.74, 6) is 0. The fourth-order valence-electron chi connectivity index (χ4n) is 1.07. The second-order valence-corrected chi connectivity index (χ2v) is 4.54. The highest BCUT2D eigenvalue weighted by Gasteiger charge is 2.21. The van der Waals surface area contributed by atoms with Crippen LogP contribution < -0.4 is 5.32 Å². The van der Waals surface area contributed by atoms with E-state index in [4.69, 9.17) is 0 Å². The van der Waals surface area contributed by atoms with Crippen molar-refractivity contribution in [2.75, 3.05) is 33.7 Å². The van der Waals surface area contributed by atoms with E-state index in [0.717, 1.165) is 13.1 Å². The standard InChI is InChI=1S/C11H25N3O/c1-7-14(8-2)10(15)12-9-11(3,4)13(5)6/h7-9H2,1-6H3,(H,12,15). The quantitative estimate of drug-likeness (QED) is 0.752. The molecule has 0 atom stereocenters. The SMILES string of the molecule is CCN(CC)C(=O)NCC(C)(C)N(C)C. The Kier molecular flexibility index (Phi) is 5.65. The van der Waals surface area contributed by atoms with Crippen molar-refractivity contribution in [3.63, 3.8) is 0 Å². The van der Waals surface area contributed by atoms with Gasteiger partial charge in [0, 0.05) is 25.2 Å². The third-order valence-electron chi connectivity index (χ3n) is 2.93. The predicted molar refractivity (Wildman–Crippen MR) is 64.1 cm³/mol. The maximum atomic E-state index is 11.7. The van der Waals surface area contributed by atoms with E-state index in [9.17, 15) is 4.79 Å². The molecule has 0 aliphatic rings. The molecule has 0 unspecified atom stereocenters. The van der Waals surface area contributed by atoms with Gasteiger partial charge in [0.05, 0.1) is 0 Å². The molecule has 90 valence electrons. The molecule has 15 heavy (non-hydrogen) atoms. The molecule has 2 amide bonds. The normalized spacial score (nSPS) is 11.7. The molecule has 0 spiro atoms. The summed E-state index contributed by atoms with van der Waals surface area (Å²) in [5.41, 5.74) is -0.0111. The molecule has 0 heterocycles. The van der Waals surface area contributed by atoms with Crippen LogP contribution in [-0.2, 0) is 0 Å².